The first-order valence-corrected chi connectivity index (χ1v) is 9.04. The Morgan fingerprint density at radius 1 is 1.24 bits per heavy atom. The van der Waals surface area contributed by atoms with Gasteiger partial charge in [-0.2, -0.15) is 0 Å². The summed E-state index contributed by atoms with van der Waals surface area (Å²) in [7, 11) is 2.04. The highest BCUT2D eigenvalue weighted by Gasteiger charge is 2.40. The topological polar surface area (TPSA) is 50.1 Å². The smallest absolute Gasteiger partial charge is 0.112 e. The van der Waals surface area contributed by atoms with E-state index in [9.17, 15) is 5.11 Å². The molecule has 25 heavy (non-hydrogen) atoms. The first-order chi connectivity index (χ1) is 12.1. The van der Waals surface area contributed by atoms with Gasteiger partial charge in [0, 0.05) is 12.6 Å². The Labute approximate surface area is 147 Å². The predicted molar refractivity (Wildman–Crippen MR) is 99.9 cm³/mol. The molecule has 2 heterocycles. The third-order valence-electron chi connectivity index (χ3n) is 6.19. The average molecular weight is 333 g/mol. The number of benzene rings is 2. The third-order valence-corrected chi connectivity index (χ3v) is 6.19. The second-order valence-corrected chi connectivity index (χ2v) is 7.66. The number of hydrogen-bond acceptors (Lipinski definition) is 3. The van der Waals surface area contributed by atoms with Crippen LogP contribution in [0, 0.1) is 6.92 Å². The number of nitrogens with zero attached hydrogens (tertiary/aromatic N) is 2. The quantitative estimate of drug-likeness (QED) is 0.718. The molecule has 0 unspecified atom stereocenters. The largest absolute Gasteiger partial charge is 0.392 e. The van der Waals surface area contributed by atoms with Gasteiger partial charge in [-0.05, 0) is 60.9 Å². The molecule has 0 radical (unpaired) electrons. The van der Waals surface area contributed by atoms with Crippen molar-refractivity contribution < 1.29 is 5.11 Å². The number of fused-ring (bicyclic) bond motifs is 4. The molecule has 0 saturated heterocycles. The van der Waals surface area contributed by atoms with E-state index >= 15 is 0 Å². The number of aryl methyl sites for hydroxylation is 2. The van der Waals surface area contributed by atoms with Crippen LogP contribution >= 0.6 is 0 Å². The van der Waals surface area contributed by atoms with Crippen LogP contribution in [0.4, 0.5) is 5.69 Å². The zero-order valence-corrected chi connectivity index (χ0v) is 14.8. The fraction of sp³-hybridized carbons (Fsp3) is 0.381. The number of aliphatic hydroxyl groups is 1. The molecular weight excluding hydrogens is 310 g/mol. The molecule has 5 rings (SSSR count). The maximum Gasteiger partial charge on any atom is 0.112 e. The zero-order chi connectivity index (χ0) is 17.2. The van der Waals surface area contributed by atoms with Gasteiger partial charge in [0.15, 0.2) is 0 Å². The average Bonchev–Trinajstić information content (AvgIpc) is 3.12. The van der Waals surface area contributed by atoms with Gasteiger partial charge in [-0.15, -0.1) is 0 Å². The van der Waals surface area contributed by atoms with Gasteiger partial charge >= 0.3 is 0 Å². The molecule has 4 nitrogen and oxygen atoms in total. The Morgan fingerprint density at radius 3 is 2.64 bits per heavy atom. The van der Waals surface area contributed by atoms with Crippen molar-refractivity contribution in [3.05, 3.63) is 58.4 Å². The molecule has 0 bridgehead atoms. The number of imidazole rings is 1. The van der Waals surface area contributed by atoms with Crippen LogP contribution in [0.5, 0.6) is 0 Å². The second kappa shape index (κ2) is 5.09. The summed E-state index contributed by atoms with van der Waals surface area (Å²) in [6.07, 6.45) is 4.23. The number of hydrogen-bond donors (Lipinski definition) is 2. The lowest BCUT2D eigenvalue weighted by Gasteiger charge is -2.38. The van der Waals surface area contributed by atoms with Crippen molar-refractivity contribution in [2.75, 3.05) is 5.32 Å². The Balaban J connectivity index is 1.66. The van der Waals surface area contributed by atoms with Gasteiger partial charge in [-0.25, -0.2) is 4.98 Å². The summed E-state index contributed by atoms with van der Waals surface area (Å²) in [5.74, 6) is 1.00. The first kappa shape index (κ1) is 15.0. The van der Waals surface area contributed by atoms with E-state index in [1.165, 1.54) is 16.7 Å². The molecular formula is C21H23N3O. The van der Waals surface area contributed by atoms with Crippen molar-refractivity contribution in [1.82, 2.24) is 9.55 Å². The molecule has 3 aromatic rings. The van der Waals surface area contributed by atoms with Crippen molar-refractivity contribution in [2.24, 2.45) is 7.05 Å². The van der Waals surface area contributed by atoms with E-state index in [2.05, 4.69) is 40.2 Å². The van der Waals surface area contributed by atoms with Crippen molar-refractivity contribution in [1.29, 1.82) is 0 Å². The Kier molecular flexibility index (Phi) is 3.04. The van der Waals surface area contributed by atoms with Crippen molar-refractivity contribution in [3.63, 3.8) is 0 Å². The normalized spacial score (nSPS) is 17.6. The van der Waals surface area contributed by atoms with Crippen LogP contribution in [-0.4, -0.2) is 20.2 Å². The van der Waals surface area contributed by atoms with E-state index in [4.69, 9.17) is 4.98 Å². The molecule has 1 spiro atoms. The van der Waals surface area contributed by atoms with Gasteiger partial charge in [0.25, 0.3) is 0 Å². The van der Waals surface area contributed by atoms with E-state index in [0.29, 0.717) is 0 Å². The van der Waals surface area contributed by atoms with E-state index in [0.717, 1.165) is 53.8 Å². The molecule has 0 fully saturated rings. The van der Waals surface area contributed by atoms with Crippen LogP contribution in [0.3, 0.4) is 0 Å². The number of anilines is 1. The van der Waals surface area contributed by atoms with Gasteiger partial charge < -0.3 is 15.0 Å². The lowest BCUT2D eigenvalue weighted by Crippen LogP contribution is -2.43. The van der Waals surface area contributed by atoms with Gasteiger partial charge in [-0.3, -0.25) is 0 Å². The summed E-state index contributed by atoms with van der Waals surface area (Å²) < 4.78 is 2.11. The van der Waals surface area contributed by atoms with Gasteiger partial charge in [0.1, 0.15) is 11.3 Å². The number of aliphatic hydroxyl groups excluding tert-OH is 1. The molecule has 1 aliphatic carbocycles. The summed E-state index contributed by atoms with van der Waals surface area (Å²) >= 11 is 0. The molecule has 2 N–H and O–H groups in total. The summed E-state index contributed by atoms with van der Waals surface area (Å²) in [5.41, 5.74) is 8.57. The molecule has 0 saturated carbocycles. The molecule has 1 aromatic heterocycles. The fourth-order valence-corrected chi connectivity index (χ4v) is 4.74. The fourth-order valence-electron chi connectivity index (χ4n) is 4.74. The van der Waals surface area contributed by atoms with Crippen LogP contribution in [0.25, 0.3) is 11.0 Å². The minimum absolute atomic E-state index is 0.0808. The van der Waals surface area contributed by atoms with Crippen LogP contribution in [0.2, 0.25) is 0 Å². The molecule has 2 aliphatic rings. The summed E-state index contributed by atoms with van der Waals surface area (Å²) in [6, 6.07) is 10.9. The standard InChI is InChI=1S/C21H23N3O/c1-13-22-20-18(24(13)2)9-16(12-25)17-7-8-21(23-19(17)20)10-14-5-3-4-6-15(14)11-21/h3-6,9,23,25H,7-8,10-12H2,1-2H3. The highest BCUT2D eigenvalue weighted by molar-refractivity contribution is 5.93. The maximum atomic E-state index is 9.89. The lowest BCUT2D eigenvalue weighted by atomic mass is 9.82. The lowest BCUT2D eigenvalue weighted by molar-refractivity contribution is 0.280. The summed E-state index contributed by atoms with van der Waals surface area (Å²) in [5, 5.41) is 13.8. The summed E-state index contributed by atoms with van der Waals surface area (Å²) in [4.78, 5) is 4.82. The SMILES string of the molecule is Cc1nc2c3c(c(CO)cc2n1C)CCC1(Cc2ccccc2C1)N3. The van der Waals surface area contributed by atoms with E-state index in [1.54, 1.807) is 0 Å². The number of aromatic nitrogens is 2. The minimum Gasteiger partial charge on any atom is -0.392 e. The second-order valence-electron chi connectivity index (χ2n) is 7.66. The molecule has 1 aliphatic heterocycles. The van der Waals surface area contributed by atoms with E-state index in [1.807, 2.05) is 14.0 Å². The van der Waals surface area contributed by atoms with Crippen molar-refractivity contribution >= 4 is 16.7 Å². The number of nitrogens with one attached hydrogen (secondary N) is 1. The first-order valence-electron chi connectivity index (χ1n) is 9.04. The third kappa shape index (κ3) is 2.07. The number of rotatable bonds is 1. The van der Waals surface area contributed by atoms with Crippen LogP contribution in [0.15, 0.2) is 30.3 Å². The monoisotopic (exact) mass is 333 g/mol. The maximum absolute atomic E-state index is 9.89. The summed E-state index contributed by atoms with van der Waals surface area (Å²) in [6.45, 7) is 2.12. The van der Waals surface area contributed by atoms with Crippen LogP contribution < -0.4 is 5.32 Å². The van der Waals surface area contributed by atoms with E-state index in [-0.39, 0.29) is 12.1 Å². The highest BCUT2D eigenvalue weighted by Crippen LogP contribution is 2.44. The van der Waals surface area contributed by atoms with Gasteiger partial charge in [0.2, 0.25) is 0 Å². The van der Waals surface area contributed by atoms with Gasteiger partial charge in [0.05, 0.1) is 17.8 Å². The Hall–Kier alpha value is -2.33. The molecule has 128 valence electrons. The molecule has 0 amide bonds. The molecule has 0 atom stereocenters. The van der Waals surface area contributed by atoms with Crippen molar-refractivity contribution in [2.45, 2.75) is 44.8 Å². The van der Waals surface area contributed by atoms with Crippen molar-refractivity contribution in [3.8, 4) is 0 Å². The minimum atomic E-state index is 0.0808. The molecule has 4 heteroatoms. The van der Waals surface area contributed by atoms with E-state index < -0.39 is 0 Å². The Bertz CT molecular complexity index is 977. The predicted octanol–water partition coefficient (Wildman–Crippen LogP) is 3.27. The highest BCUT2D eigenvalue weighted by atomic mass is 16.3. The van der Waals surface area contributed by atoms with Gasteiger partial charge in [-0.1, -0.05) is 24.3 Å². The molecule has 2 aromatic carbocycles. The van der Waals surface area contributed by atoms with Crippen LogP contribution in [0.1, 0.15) is 34.5 Å². The van der Waals surface area contributed by atoms with Crippen LogP contribution in [-0.2, 0) is 32.9 Å². The Morgan fingerprint density at radius 2 is 1.96 bits per heavy atom. The zero-order valence-electron chi connectivity index (χ0n) is 14.8.